The molecule has 0 spiro atoms. The van der Waals surface area contributed by atoms with Crippen LogP contribution in [-0.4, -0.2) is 39.7 Å². The number of sulfonamides is 1. The van der Waals surface area contributed by atoms with Crippen LogP contribution < -0.4 is 9.04 Å². The Kier molecular flexibility index (Phi) is 7.36. The second-order valence-corrected chi connectivity index (χ2v) is 9.03. The summed E-state index contributed by atoms with van der Waals surface area (Å²) in [6.07, 6.45) is -0.379. The van der Waals surface area contributed by atoms with Crippen molar-refractivity contribution in [1.82, 2.24) is 4.90 Å². The van der Waals surface area contributed by atoms with Crippen molar-refractivity contribution < 1.29 is 13.2 Å². The lowest BCUT2D eigenvalue weighted by molar-refractivity contribution is 0.239. The summed E-state index contributed by atoms with van der Waals surface area (Å²) in [5.74, 6) is 0.676. The number of methoxy groups -OCH3 is 1. The molecular formula is C25H30N2O3S. The highest BCUT2D eigenvalue weighted by Gasteiger charge is 2.33. The minimum Gasteiger partial charge on any atom is -0.497 e. The van der Waals surface area contributed by atoms with Crippen LogP contribution in [0.1, 0.15) is 20.8 Å². The van der Waals surface area contributed by atoms with Crippen molar-refractivity contribution >= 4 is 15.7 Å². The summed E-state index contributed by atoms with van der Waals surface area (Å²) >= 11 is 0. The fraction of sp³-hybridized carbons (Fsp3) is 0.280. The van der Waals surface area contributed by atoms with Crippen LogP contribution in [0.5, 0.6) is 5.75 Å². The lowest BCUT2D eigenvalue weighted by atomic mass is 10.0. The van der Waals surface area contributed by atoms with Crippen molar-refractivity contribution in [2.24, 2.45) is 0 Å². The summed E-state index contributed by atoms with van der Waals surface area (Å²) in [5.41, 5.74) is 2.35. The minimum atomic E-state index is -3.82. The normalized spacial score (nSPS) is 12.5. The molecule has 0 bridgehead atoms. The smallest absolute Gasteiger partial charge is 0.265 e. The Morgan fingerprint density at radius 3 is 2.00 bits per heavy atom. The predicted molar refractivity (Wildman–Crippen MR) is 127 cm³/mol. The van der Waals surface area contributed by atoms with Crippen LogP contribution >= 0.6 is 0 Å². The van der Waals surface area contributed by atoms with Crippen LogP contribution in [0.25, 0.3) is 11.1 Å². The number of ether oxygens (including phenoxy) is 1. The quantitative estimate of drug-likeness (QED) is 0.429. The summed E-state index contributed by atoms with van der Waals surface area (Å²) in [7, 11) is -2.21. The van der Waals surface area contributed by atoms with E-state index in [1.807, 2.05) is 75.4 Å². The van der Waals surface area contributed by atoms with Gasteiger partial charge in [0.1, 0.15) is 5.75 Å². The molecule has 0 aliphatic carbocycles. The number of nitrogens with zero attached hydrogens (tertiary/aromatic N) is 2. The molecule has 0 heterocycles. The van der Waals surface area contributed by atoms with Gasteiger partial charge in [0.15, 0.2) is 0 Å². The Morgan fingerprint density at radius 2 is 1.45 bits per heavy atom. The molecule has 0 aromatic heterocycles. The Morgan fingerprint density at radius 1 is 0.871 bits per heavy atom. The van der Waals surface area contributed by atoms with E-state index in [1.54, 1.807) is 31.4 Å². The van der Waals surface area contributed by atoms with Gasteiger partial charge < -0.3 is 4.74 Å². The highest BCUT2D eigenvalue weighted by atomic mass is 32.2. The number of anilines is 1. The van der Waals surface area contributed by atoms with Crippen molar-refractivity contribution in [3.8, 4) is 16.9 Å². The van der Waals surface area contributed by atoms with E-state index in [1.165, 1.54) is 4.31 Å². The number of benzene rings is 3. The van der Waals surface area contributed by atoms with Gasteiger partial charge in [-0.15, -0.1) is 0 Å². The summed E-state index contributed by atoms with van der Waals surface area (Å²) < 4.78 is 34.8. The molecule has 3 aromatic carbocycles. The monoisotopic (exact) mass is 438 g/mol. The molecule has 1 atom stereocenters. The molecule has 5 nitrogen and oxygen atoms in total. The summed E-state index contributed by atoms with van der Waals surface area (Å²) in [6, 6.07) is 23.9. The molecule has 0 aliphatic rings. The molecule has 0 aliphatic heterocycles. The SMILES string of the molecule is CCN(CC)C(C)N(c1ccc(OC)cc1-c1ccccc1)S(=O)(=O)c1ccccc1. The van der Waals surface area contributed by atoms with Gasteiger partial charge in [-0.3, -0.25) is 4.90 Å². The molecule has 0 amide bonds. The van der Waals surface area contributed by atoms with Gasteiger partial charge in [-0.25, -0.2) is 12.7 Å². The van der Waals surface area contributed by atoms with E-state index in [0.29, 0.717) is 11.4 Å². The molecule has 0 fully saturated rings. The maximum absolute atomic E-state index is 13.9. The highest BCUT2D eigenvalue weighted by molar-refractivity contribution is 7.92. The van der Waals surface area contributed by atoms with Gasteiger partial charge in [-0.2, -0.15) is 0 Å². The Labute approximate surface area is 185 Å². The van der Waals surface area contributed by atoms with E-state index in [9.17, 15) is 8.42 Å². The maximum atomic E-state index is 13.9. The standard InChI is InChI=1S/C25H30N2O3S/c1-5-26(6-2)20(3)27(31(28,29)23-15-11-8-12-16-23)25-18-17-22(30-4)19-24(25)21-13-9-7-10-14-21/h7-20H,5-6H2,1-4H3. The van der Waals surface area contributed by atoms with E-state index in [4.69, 9.17) is 4.74 Å². The van der Waals surface area contributed by atoms with Gasteiger partial charge in [0, 0.05) is 5.56 Å². The number of rotatable bonds is 9. The Balaban J connectivity index is 2.28. The third kappa shape index (κ3) is 4.75. The molecule has 3 aromatic rings. The first-order valence-corrected chi connectivity index (χ1v) is 11.9. The zero-order valence-corrected chi connectivity index (χ0v) is 19.3. The number of hydrogen-bond acceptors (Lipinski definition) is 4. The summed E-state index contributed by atoms with van der Waals surface area (Å²) in [5, 5.41) is 0. The summed E-state index contributed by atoms with van der Waals surface area (Å²) in [4.78, 5) is 2.39. The first kappa shape index (κ1) is 22.8. The molecule has 6 heteroatoms. The minimum absolute atomic E-state index is 0.267. The van der Waals surface area contributed by atoms with E-state index in [2.05, 4.69) is 4.90 Å². The van der Waals surface area contributed by atoms with Crippen LogP contribution in [0.15, 0.2) is 83.8 Å². The summed E-state index contributed by atoms with van der Waals surface area (Å²) in [6.45, 7) is 7.48. The van der Waals surface area contributed by atoms with Crippen LogP contribution in [-0.2, 0) is 10.0 Å². The third-order valence-electron chi connectivity index (χ3n) is 5.51. The molecule has 3 rings (SSSR count). The molecule has 0 saturated heterocycles. The topological polar surface area (TPSA) is 49.9 Å². The first-order valence-electron chi connectivity index (χ1n) is 10.5. The van der Waals surface area contributed by atoms with Gasteiger partial charge in [-0.05, 0) is 55.9 Å². The van der Waals surface area contributed by atoms with E-state index < -0.39 is 10.0 Å². The average molecular weight is 439 g/mol. The Hall–Kier alpha value is -2.83. The van der Waals surface area contributed by atoms with Crippen molar-refractivity contribution in [3.63, 3.8) is 0 Å². The van der Waals surface area contributed by atoms with Crippen molar-refractivity contribution in [1.29, 1.82) is 0 Å². The van der Waals surface area contributed by atoms with Crippen LogP contribution in [0.4, 0.5) is 5.69 Å². The molecule has 0 saturated carbocycles. The van der Waals surface area contributed by atoms with E-state index in [-0.39, 0.29) is 11.1 Å². The van der Waals surface area contributed by atoms with Gasteiger partial charge in [0.05, 0.1) is 23.9 Å². The first-order chi connectivity index (χ1) is 14.9. The van der Waals surface area contributed by atoms with Gasteiger partial charge in [0.25, 0.3) is 10.0 Å². The predicted octanol–water partition coefficient (Wildman–Crippen LogP) is 5.25. The maximum Gasteiger partial charge on any atom is 0.265 e. The van der Waals surface area contributed by atoms with Crippen molar-refractivity contribution in [3.05, 3.63) is 78.9 Å². The van der Waals surface area contributed by atoms with Crippen LogP contribution in [0.2, 0.25) is 0 Å². The lowest BCUT2D eigenvalue weighted by Gasteiger charge is -2.38. The fourth-order valence-corrected chi connectivity index (χ4v) is 5.50. The van der Waals surface area contributed by atoms with Crippen molar-refractivity contribution in [2.45, 2.75) is 31.8 Å². The van der Waals surface area contributed by atoms with E-state index >= 15 is 0 Å². The van der Waals surface area contributed by atoms with Gasteiger partial charge >= 0.3 is 0 Å². The third-order valence-corrected chi connectivity index (χ3v) is 7.39. The Bertz CT molecular complexity index is 1080. The highest BCUT2D eigenvalue weighted by Crippen LogP contribution is 2.38. The van der Waals surface area contributed by atoms with E-state index in [0.717, 1.165) is 24.2 Å². The van der Waals surface area contributed by atoms with Gasteiger partial charge in [-0.1, -0.05) is 62.4 Å². The average Bonchev–Trinajstić information content (AvgIpc) is 2.81. The van der Waals surface area contributed by atoms with Crippen LogP contribution in [0, 0.1) is 0 Å². The molecular weight excluding hydrogens is 408 g/mol. The molecule has 0 N–H and O–H groups in total. The van der Waals surface area contributed by atoms with Gasteiger partial charge in [0.2, 0.25) is 0 Å². The lowest BCUT2D eigenvalue weighted by Crippen LogP contribution is -2.49. The fourth-order valence-electron chi connectivity index (χ4n) is 3.82. The molecule has 164 valence electrons. The van der Waals surface area contributed by atoms with Crippen LogP contribution in [0.3, 0.4) is 0 Å². The largest absolute Gasteiger partial charge is 0.497 e. The second-order valence-electron chi connectivity index (χ2n) is 7.22. The molecule has 1 unspecified atom stereocenters. The van der Waals surface area contributed by atoms with Crippen molar-refractivity contribution in [2.75, 3.05) is 24.5 Å². The zero-order chi connectivity index (χ0) is 22.4. The zero-order valence-electron chi connectivity index (χ0n) is 18.5. The second kappa shape index (κ2) is 9.98. The number of hydrogen-bond donors (Lipinski definition) is 0. The molecule has 0 radical (unpaired) electrons. The molecule has 31 heavy (non-hydrogen) atoms.